The molecule has 2 nitrogen and oxygen atoms in total. The summed E-state index contributed by atoms with van der Waals surface area (Å²) in [5.74, 6) is -0.289. The third-order valence-corrected chi connectivity index (χ3v) is 3.73. The zero-order chi connectivity index (χ0) is 14.6. The SMILES string of the molecule is Cc1ccc(C(CO)(CO)Cc2ccc(F)cc2)cc1. The van der Waals surface area contributed by atoms with Crippen LogP contribution in [0.1, 0.15) is 16.7 Å². The van der Waals surface area contributed by atoms with Gasteiger partial charge in [0.2, 0.25) is 0 Å². The summed E-state index contributed by atoms with van der Waals surface area (Å²) in [6.07, 6.45) is 0.462. The molecule has 3 heteroatoms. The van der Waals surface area contributed by atoms with Gasteiger partial charge in [0.05, 0.1) is 13.2 Å². The predicted molar refractivity (Wildman–Crippen MR) is 77.1 cm³/mol. The zero-order valence-electron chi connectivity index (χ0n) is 11.5. The molecule has 0 fully saturated rings. The lowest BCUT2D eigenvalue weighted by atomic mass is 9.76. The molecule has 0 aromatic heterocycles. The van der Waals surface area contributed by atoms with E-state index in [1.807, 2.05) is 31.2 Å². The van der Waals surface area contributed by atoms with Gasteiger partial charge in [-0.2, -0.15) is 0 Å². The quantitative estimate of drug-likeness (QED) is 0.880. The lowest BCUT2D eigenvalue weighted by Crippen LogP contribution is -2.37. The Hall–Kier alpha value is -1.71. The van der Waals surface area contributed by atoms with Crippen LogP contribution in [0.5, 0.6) is 0 Å². The summed E-state index contributed by atoms with van der Waals surface area (Å²) in [6.45, 7) is 1.66. The van der Waals surface area contributed by atoms with Crippen LogP contribution in [0.3, 0.4) is 0 Å². The van der Waals surface area contributed by atoms with Gasteiger partial charge in [0.15, 0.2) is 0 Å². The molecule has 0 aliphatic heterocycles. The fourth-order valence-electron chi connectivity index (χ4n) is 2.35. The van der Waals surface area contributed by atoms with Crippen molar-refractivity contribution in [3.8, 4) is 0 Å². The molecule has 2 N–H and O–H groups in total. The molecule has 20 heavy (non-hydrogen) atoms. The van der Waals surface area contributed by atoms with Crippen molar-refractivity contribution in [1.29, 1.82) is 0 Å². The standard InChI is InChI=1S/C17H19FO2/c1-13-2-6-15(7-3-13)17(11-19,12-20)10-14-4-8-16(18)9-5-14/h2-9,19-20H,10-12H2,1H3. The zero-order valence-corrected chi connectivity index (χ0v) is 11.5. The highest BCUT2D eigenvalue weighted by atomic mass is 19.1. The molecule has 106 valence electrons. The minimum Gasteiger partial charge on any atom is -0.395 e. The van der Waals surface area contributed by atoms with Gasteiger partial charge in [-0.25, -0.2) is 4.39 Å². The van der Waals surface area contributed by atoms with E-state index in [1.165, 1.54) is 12.1 Å². The average molecular weight is 274 g/mol. The molecule has 2 aromatic carbocycles. The molecule has 0 aliphatic carbocycles. The van der Waals surface area contributed by atoms with E-state index in [0.717, 1.165) is 16.7 Å². The molecule has 0 saturated heterocycles. The van der Waals surface area contributed by atoms with Crippen molar-refractivity contribution in [1.82, 2.24) is 0 Å². The summed E-state index contributed by atoms with van der Waals surface area (Å²) in [5, 5.41) is 19.6. The number of rotatable bonds is 5. The first-order chi connectivity index (χ1) is 9.59. The summed E-state index contributed by atoms with van der Waals surface area (Å²) < 4.78 is 13.0. The molecule has 0 radical (unpaired) electrons. The largest absolute Gasteiger partial charge is 0.395 e. The normalized spacial score (nSPS) is 11.6. The maximum Gasteiger partial charge on any atom is 0.123 e. The summed E-state index contributed by atoms with van der Waals surface area (Å²) >= 11 is 0. The third kappa shape index (κ3) is 3.06. The van der Waals surface area contributed by atoms with Crippen LogP contribution < -0.4 is 0 Å². The van der Waals surface area contributed by atoms with Gasteiger partial charge in [0.1, 0.15) is 5.82 Å². The molecule has 0 atom stereocenters. The number of hydrogen-bond donors (Lipinski definition) is 2. The van der Waals surface area contributed by atoms with Crippen molar-refractivity contribution in [3.63, 3.8) is 0 Å². The van der Waals surface area contributed by atoms with Crippen LogP contribution in [0.25, 0.3) is 0 Å². The van der Waals surface area contributed by atoms with Crippen molar-refractivity contribution in [2.45, 2.75) is 18.8 Å². The Morgan fingerprint density at radius 3 is 1.95 bits per heavy atom. The maximum atomic E-state index is 13.0. The van der Waals surface area contributed by atoms with Gasteiger partial charge in [0, 0.05) is 5.41 Å². The van der Waals surface area contributed by atoms with E-state index in [1.54, 1.807) is 12.1 Å². The second kappa shape index (κ2) is 6.16. The Bertz CT molecular complexity index is 542. The van der Waals surface area contributed by atoms with E-state index in [-0.39, 0.29) is 19.0 Å². The second-order valence-electron chi connectivity index (χ2n) is 5.27. The van der Waals surface area contributed by atoms with E-state index in [2.05, 4.69) is 0 Å². The fraction of sp³-hybridized carbons (Fsp3) is 0.294. The number of benzene rings is 2. The molecule has 0 aliphatic rings. The van der Waals surface area contributed by atoms with Crippen LogP contribution >= 0.6 is 0 Å². The Morgan fingerprint density at radius 1 is 0.900 bits per heavy atom. The van der Waals surface area contributed by atoms with Crippen LogP contribution in [-0.2, 0) is 11.8 Å². The van der Waals surface area contributed by atoms with Gasteiger partial charge in [0.25, 0.3) is 0 Å². The van der Waals surface area contributed by atoms with Crippen LogP contribution in [0.15, 0.2) is 48.5 Å². The number of hydrogen-bond acceptors (Lipinski definition) is 2. The molecule has 2 aromatic rings. The maximum absolute atomic E-state index is 13.0. The van der Waals surface area contributed by atoms with Gasteiger partial charge in [-0.05, 0) is 36.6 Å². The first-order valence-electron chi connectivity index (χ1n) is 6.63. The van der Waals surface area contributed by atoms with Crippen LogP contribution in [0.4, 0.5) is 4.39 Å². The Balaban J connectivity index is 2.33. The number of aliphatic hydroxyl groups is 2. The molecule has 2 rings (SSSR count). The van der Waals surface area contributed by atoms with Gasteiger partial charge in [-0.1, -0.05) is 42.0 Å². The van der Waals surface area contributed by atoms with E-state index < -0.39 is 5.41 Å². The average Bonchev–Trinajstić information content (AvgIpc) is 2.48. The summed E-state index contributed by atoms with van der Waals surface area (Å²) in [6, 6.07) is 13.9. The first-order valence-corrected chi connectivity index (χ1v) is 6.63. The number of aliphatic hydroxyl groups excluding tert-OH is 2. The molecular formula is C17H19FO2. The van der Waals surface area contributed by atoms with Crippen molar-refractivity contribution < 1.29 is 14.6 Å². The highest BCUT2D eigenvalue weighted by Gasteiger charge is 2.31. The van der Waals surface area contributed by atoms with Crippen molar-refractivity contribution >= 4 is 0 Å². The van der Waals surface area contributed by atoms with Gasteiger partial charge in [-0.3, -0.25) is 0 Å². The minimum atomic E-state index is -0.745. The van der Waals surface area contributed by atoms with E-state index in [4.69, 9.17) is 0 Å². The molecule has 0 saturated carbocycles. The smallest absolute Gasteiger partial charge is 0.123 e. The minimum absolute atomic E-state index is 0.163. The third-order valence-electron chi connectivity index (χ3n) is 3.73. The molecular weight excluding hydrogens is 255 g/mol. The molecule has 0 spiro atoms. The van der Waals surface area contributed by atoms with Crippen LogP contribution in [0.2, 0.25) is 0 Å². The fourth-order valence-corrected chi connectivity index (χ4v) is 2.35. The van der Waals surface area contributed by atoms with E-state index in [9.17, 15) is 14.6 Å². The lowest BCUT2D eigenvalue weighted by Gasteiger charge is -2.30. The molecule has 0 unspecified atom stereocenters. The number of aryl methyl sites for hydroxylation is 1. The van der Waals surface area contributed by atoms with Gasteiger partial charge < -0.3 is 10.2 Å². The van der Waals surface area contributed by atoms with Gasteiger partial charge >= 0.3 is 0 Å². The Kier molecular flexibility index (Phi) is 4.53. The predicted octanol–water partition coefficient (Wildman–Crippen LogP) is 2.60. The van der Waals surface area contributed by atoms with Crippen molar-refractivity contribution in [3.05, 3.63) is 71.0 Å². The Morgan fingerprint density at radius 2 is 1.45 bits per heavy atom. The van der Waals surface area contributed by atoms with E-state index >= 15 is 0 Å². The number of halogens is 1. The molecule has 0 bridgehead atoms. The lowest BCUT2D eigenvalue weighted by molar-refractivity contribution is 0.116. The monoisotopic (exact) mass is 274 g/mol. The van der Waals surface area contributed by atoms with Crippen LogP contribution in [0, 0.1) is 12.7 Å². The van der Waals surface area contributed by atoms with Crippen molar-refractivity contribution in [2.75, 3.05) is 13.2 Å². The summed E-state index contributed by atoms with van der Waals surface area (Å²) in [7, 11) is 0. The van der Waals surface area contributed by atoms with E-state index in [0.29, 0.717) is 6.42 Å². The van der Waals surface area contributed by atoms with Gasteiger partial charge in [-0.15, -0.1) is 0 Å². The second-order valence-corrected chi connectivity index (χ2v) is 5.27. The first kappa shape index (κ1) is 14.7. The molecule has 0 amide bonds. The van der Waals surface area contributed by atoms with Crippen LogP contribution in [-0.4, -0.2) is 23.4 Å². The summed E-state index contributed by atoms with van der Waals surface area (Å²) in [4.78, 5) is 0. The topological polar surface area (TPSA) is 40.5 Å². The molecule has 0 heterocycles. The summed E-state index contributed by atoms with van der Waals surface area (Å²) in [5.41, 5.74) is 2.15. The van der Waals surface area contributed by atoms with Crippen molar-refractivity contribution in [2.24, 2.45) is 0 Å². The Labute approximate surface area is 118 Å². The highest BCUT2D eigenvalue weighted by molar-refractivity contribution is 5.32. The highest BCUT2D eigenvalue weighted by Crippen LogP contribution is 2.28.